The number of hydrogen-bond acceptors (Lipinski definition) is 2. The lowest BCUT2D eigenvalue weighted by Gasteiger charge is -2.13. The van der Waals surface area contributed by atoms with E-state index >= 15 is 0 Å². The van der Waals surface area contributed by atoms with Crippen molar-refractivity contribution in [3.05, 3.63) is 28.2 Å². The molecule has 1 aromatic rings. The molecule has 2 atom stereocenters. The summed E-state index contributed by atoms with van der Waals surface area (Å²) in [6.45, 7) is 2.26. The van der Waals surface area contributed by atoms with E-state index in [1.165, 1.54) is 6.42 Å². The van der Waals surface area contributed by atoms with Crippen LogP contribution in [0.25, 0.3) is 0 Å². The monoisotopic (exact) mass is 261 g/mol. The lowest BCUT2D eigenvalue weighted by Crippen LogP contribution is -2.18. The molecule has 15 heavy (non-hydrogen) atoms. The summed E-state index contributed by atoms with van der Waals surface area (Å²) in [6, 6.07) is 6.13. The van der Waals surface area contributed by atoms with E-state index < -0.39 is 0 Å². The zero-order chi connectivity index (χ0) is 10.8. The molecule has 0 amide bonds. The Labute approximate surface area is 105 Å². The van der Waals surface area contributed by atoms with Gasteiger partial charge in [-0.05, 0) is 24.6 Å². The Morgan fingerprint density at radius 1 is 1.27 bits per heavy atom. The van der Waals surface area contributed by atoms with Crippen LogP contribution in [-0.4, -0.2) is 17.0 Å². The molecule has 1 aliphatic heterocycles. The maximum Gasteiger partial charge on any atom is 0.0441 e. The average molecular weight is 262 g/mol. The third-order valence-electron chi connectivity index (χ3n) is 2.43. The van der Waals surface area contributed by atoms with E-state index in [1.54, 1.807) is 6.07 Å². The molecule has 0 spiro atoms. The van der Waals surface area contributed by atoms with Gasteiger partial charge in [0.2, 0.25) is 0 Å². The van der Waals surface area contributed by atoms with Gasteiger partial charge >= 0.3 is 0 Å². The minimum atomic E-state index is 0.541. The van der Waals surface area contributed by atoms with E-state index in [4.69, 9.17) is 23.2 Å². The number of anilines is 1. The second kappa shape index (κ2) is 4.86. The van der Waals surface area contributed by atoms with Gasteiger partial charge in [-0.25, -0.2) is 0 Å². The molecule has 0 aromatic heterocycles. The van der Waals surface area contributed by atoms with Gasteiger partial charge < -0.3 is 5.32 Å². The number of thioether (sulfide) groups is 1. The standard InChI is InChI=1S/C11H13Cl2NS/c1-7-2-11(6-15-7)14-10-4-8(12)3-9(13)5-10/h3-5,7,11,14H,2,6H2,1H3. The van der Waals surface area contributed by atoms with Crippen molar-refractivity contribution < 1.29 is 0 Å². The zero-order valence-corrected chi connectivity index (χ0v) is 10.8. The van der Waals surface area contributed by atoms with Crippen LogP contribution in [0.15, 0.2) is 18.2 Å². The summed E-state index contributed by atoms with van der Waals surface area (Å²) in [5.74, 6) is 1.16. The number of halogens is 2. The predicted molar refractivity (Wildman–Crippen MR) is 70.4 cm³/mol. The Morgan fingerprint density at radius 2 is 1.93 bits per heavy atom. The van der Waals surface area contributed by atoms with Crippen LogP contribution in [-0.2, 0) is 0 Å². The van der Waals surface area contributed by atoms with E-state index in [1.807, 2.05) is 23.9 Å². The molecule has 82 valence electrons. The van der Waals surface area contributed by atoms with Crippen LogP contribution in [0.4, 0.5) is 5.69 Å². The average Bonchev–Trinajstić information content (AvgIpc) is 2.49. The van der Waals surface area contributed by atoms with Gasteiger partial charge in [-0.2, -0.15) is 11.8 Å². The van der Waals surface area contributed by atoms with Gasteiger partial charge in [0, 0.05) is 32.8 Å². The molecule has 0 saturated carbocycles. The van der Waals surface area contributed by atoms with Crippen LogP contribution in [0.3, 0.4) is 0 Å². The molecule has 1 saturated heterocycles. The van der Waals surface area contributed by atoms with Crippen molar-refractivity contribution in [2.45, 2.75) is 24.6 Å². The molecule has 2 unspecified atom stereocenters. The highest BCUT2D eigenvalue weighted by Crippen LogP contribution is 2.30. The second-order valence-electron chi connectivity index (χ2n) is 3.88. The molecule has 1 nitrogen and oxygen atoms in total. The Kier molecular flexibility index (Phi) is 3.70. The third-order valence-corrected chi connectivity index (χ3v) is 4.22. The quantitative estimate of drug-likeness (QED) is 0.852. The summed E-state index contributed by atoms with van der Waals surface area (Å²) >= 11 is 13.9. The minimum absolute atomic E-state index is 0.541. The first-order chi connectivity index (χ1) is 7.13. The fraction of sp³-hybridized carbons (Fsp3) is 0.455. The van der Waals surface area contributed by atoms with Gasteiger partial charge in [-0.15, -0.1) is 0 Å². The summed E-state index contributed by atoms with van der Waals surface area (Å²) < 4.78 is 0. The van der Waals surface area contributed by atoms with Gasteiger partial charge in [-0.3, -0.25) is 0 Å². The normalized spacial score (nSPS) is 25.5. The molecule has 1 heterocycles. The molecule has 1 aromatic carbocycles. The fourth-order valence-electron chi connectivity index (χ4n) is 1.79. The molecule has 2 rings (SSSR count). The summed E-state index contributed by atoms with van der Waals surface area (Å²) in [5.41, 5.74) is 1.02. The van der Waals surface area contributed by atoms with Crippen molar-refractivity contribution in [2.75, 3.05) is 11.1 Å². The summed E-state index contributed by atoms with van der Waals surface area (Å²) in [4.78, 5) is 0. The highest BCUT2D eigenvalue weighted by atomic mass is 35.5. The van der Waals surface area contributed by atoms with Gasteiger partial charge in [0.1, 0.15) is 0 Å². The minimum Gasteiger partial charge on any atom is -0.381 e. The topological polar surface area (TPSA) is 12.0 Å². The van der Waals surface area contributed by atoms with Crippen molar-refractivity contribution >= 4 is 40.7 Å². The van der Waals surface area contributed by atoms with Crippen LogP contribution in [0.2, 0.25) is 10.0 Å². The number of benzene rings is 1. The SMILES string of the molecule is CC1CC(Nc2cc(Cl)cc(Cl)c2)CS1. The number of rotatable bonds is 2. The van der Waals surface area contributed by atoms with Crippen LogP contribution in [0.1, 0.15) is 13.3 Å². The van der Waals surface area contributed by atoms with Crippen molar-refractivity contribution in [2.24, 2.45) is 0 Å². The largest absolute Gasteiger partial charge is 0.381 e. The van der Waals surface area contributed by atoms with Crippen LogP contribution in [0, 0.1) is 0 Å². The molecule has 1 fully saturated rings. The van der Waals surface area contributed by atoms with Crippen molar-refractivity contribution in [3.8, 4) is 0 Å². The molecule has 4 heteroatoms. The maximum absolute atomic E-state index is 5.93. The summed E-state index contributed by atoms with van der Waals surface area (Å²) in [5, 5.41) is 5.58. The van der Waals surface area contributed by atoms with E-state index in [2.05, 4.69) is 12.2 Å². The van der Waals surface area contributed by atoms with E-state index in [-0.39, 0.29) is 0 Å². The Bertz CT molecular complexity index is 336. The number of hydrogen-bond donors (Lipinski definition) is 1. The van der Waals surface area contributed by atoms with Gasteiger partial charge in [0.05, 0.1) is 0 Å². The van der Waals surface area contributed by atoms with Gasteiger partial charge in [0.15, 0.2) is 0 Å². The molecule has 1 N–H and O–H groups in total. The smallest absolute Gasteiger partial charge is 0.0441 e. The summed E-state index contributed by atoms with van der Waals surface area (Å²) in [6.07, 6.45) is 1.20. The van der Waals surface area contributed by atoms with Crippen molar-refractivity contribution in [1.82, 2.24) is 0 Å². The predicted octanol–water partition coefficient (Wildman–Crippen LogP) is 4.30. The Morgan fingerprint density at radius 3 is 2.47 bits per heavy atom. The lowest BCUT2D eigenvalue weighted by molar-refractivity contribution is 0.747. The molecular formula is C11H13Cl2NS. The van der Waals surface area contributed by atoms with Gasteiger partial charge in [-0.1, -0.05) is 30.1 Å². The zero-order valence-electron chi connectivity index (χ0n) is 8.47. The molecule has 0 radical (unpaired) electrons. The Hall–Kier alpha value is -0.0500. The lowest BCUT2D eigenvalue weighted by atomic mass is 10.2. The van der Waals surface area contributed by atoms with E-state index in [0.29, 0.717) is 16.1 Å². The molecule has 0 bridgehead atoms. The fourth-order valence-corrected chi connectivity index (χ4v) is 3.47. The van der Waals surface area contributed by atoms with E-state index in [0.717, 1.165) is 16.7 Å². The summed E-state index contributed by atoms with van der Waals surface area (Å²) in [7, 11) is 0. The van der Waals surface area contributed by atoms with Crippen LogP contribution >= 0.6 is 35.0 Å². The first-order valence-electron chi connectivity index (χ1n) is 4.98. The Balaban J connectivity index is 2.04. The molecule has 0 aliphatic carbocycles. The van der Waals surface area contributed by atoms with Crippen LogP contribution < -0.4 is 5.32 Å². The highest BCUT2D eigenvalue weighted by molar-refractivity contribution is 8.00. The molecule has 1 aliphatic rings. The van der Waals surface area contributed by atoms with Gasteiger partial charge in [0.25, 0.3) is 0 Å². The van der Waals surface area contributed by atoms with Crippen molar-refractivity contribution in [3.63, 3.8) is 0 Å². The maximum atomic E-state index is 5.93. The van der Waals surface area contributed by atoms with Crippen LogP contribution in [0.5, 0.6) is 0 Å². The highest BCUT2D eigenvalue weighted by Gasteiger charge is 2.21. The first kappa shape index (κ1) is 11.4. The molecular weight excluding hydrogens is 249 g/mol. The van der Waals surface area contributed by atoms with E-state index in [9.17, 15) is 0 Å². The second-order valence-corrected chi connectivity index (χ2v) is 6.22. The van der Waals surface area contributed by atoms with Crippen molar-refractivity contribution in [1.29, 1.82) is 0 Å². The first-order valence-corrected chi connectivity index (χ1v) is 6.78. The number of nitrogens with one attached hydrogen (secondary N) is 1. The third kappa shape index (κ3) is 3.20.